The Kier molecular flexibility index (Phi) is 3.07. The van der Waals surface area contributed by atoms with Crippen molar-refractivity contribution in [2.45, 2.75) is 19.8 Å². The predicted octanol–water partition coefficient (Wildman–Crippen LogP) is 2.85. The third kappa shape index (κ3) is 2.08. The Balaban J connectivity index is 3.13. The van der Waals surface area contributed by atoms with Gasteiger partial charge in [-0.15, -0.1) is 0 Å². The highest BCUT2D eigenvalue weighted by molar-refractivity contribution is 5.86. The van der Waals surface area contributed by atoms with Crippen LogP contribution in [0.1, 0.15) is 30.9 Å². The first-order valence-electron chi connectivity index (χ1n) is 4.51. The summed E-state index contributed by atoms with van der Waals surface area (Å²) in [5, 5.41) is 10.3. The Morgan fingerprint density at radius 1 is 1.38 bits per heavy atom. The van der Waals surface area contributed by atoms with E-state index in [2.05, 4.69) is 31.3 Å². The molecule has 0 atom stereocenters. The van der Waals surface area contributed by atoms with Gasteiger partial charge in [-0.25, -0.2) is 0 Å². The molecule has 13 heavy (non-hydrogen) atoms. The molecule has 0 bridgehead atoms. The van der Waals surface area contributed by atoms with Crippen LogP contribution in [-0.2, 0) is 0 Å². The molecule has 1 aromatic rings. The van der Waals surface area contributed by atoms with Gasteiger partial charge in [-0.1, -0.05) is 19.9 Å². The van der Waals surface area contributed by atoms with E-state index in [0.717, 1.165) is 11.3 Å². The zero-order valence-electron chi connectivity index (χ0n) is 8.39. The fourth-order valence-electron chi connectivity index (χ4n) is 1.29. The molecule has 0 radical (unpaired) electrons. The van der Waals surface area contributed by atoms with Gasteiger partial charge in [-0.3, -0.25) is 0 Å². The van der Waals surface area contributed by atoms with Gasteiger partial charge in [-0.2, -0.15) is 0 Å². The molecule has 0 spiro atoms. The quantitative estimate of drug-likeness (QED) is 0.682. The second kappa shape index (κ2) is 4.08. The number of nitrogens with one attached hydrogen (secondary N) is 2. The van der Waals surface area contributed by atoms with Crippen molar-refractivity contribution in [3.63, 3.8) is 0 Å². The molecule has 0 saturated carbocycles. The predicted molar refractivity (Wildman–Crippen MR) is 58.0 cm³/mol. The SMILES string of the molecule is CNc1ccc(C(C)C)cc1C=N. The molecule has 0 aliphatic rings. The lowest BCUT2D eigenvalue weighted by Crippen LogP contribution is -1.96. The molecule has 2 N–H and O–H groups in total. The Labute approximate surface area is 79.5 Å². The normalized spacial score (nSPS) is 10.2. The Morgan fingerprint density at radius 2 is 2.08 bits per heavy atom. The van der Waals surface area contributed by atoms with Crippen molar-refractivity contribution in [1.29, 1.82) is 5.41 Å². The smallest absolute Gasteiger partial charge is 0.0426 e. The van der Waals surface area contributed by atoms with Crippen molar-refractivity contribution in [3.05, 3.63) is 29.3 Å². The summed E-state index contributed by atoms with van der Waals surface area (Å²) in [4.78, 5) is 0. The van der Waals surface area contributed by atoms with Crippen molar-refractivity contribution in [2.75, 3.05) is 12.4 Å². The molecule has 0 fully saturated rings. The van der Waals surface area contributed by atoms with Crippen molar-refractivity contribution in [3.8, 4) is 0 Å². The molecule has 1 rings (SSSR count). The first-order valence-corrected chi connectivity index (χ1v) is 4.51. The van der Waals surface area contributed by atoms with Crippen LogP contribution >= 0.6 is 0 Å². The van der Waals surface area contributed by atoms with E-state index in [4.69, 9.17) is 5.41 Å². The van der Waals surface area contributed by atoms with Crippen molar-refractivity contribution in [1.82, 2.24) is 0 Å². The molecule has 2 nitrogen and oxygen atoms in total. The van der Waals surface area contributed by atoms with Crippen LogP contribution in [0.15, 0.2) is 18.2 Å². The monoisotopic (exact) mass is 176 g/mol. The van der Waals surface area contributed by atoms with Gasteiger partial charge in [0.1, 0.15) is 0 Å². The third-order valence-corrected chi connectivity index (χ3v) is 2.17. The summed E-state index contributed by atoms with van der Waals surface area (Å²) >= 11 is 0. The van der Waals surface area contributed by atoms with Gasteiger partial charge >= 0.3 is 0 Å². The van der Waals surface area contributed by atoms with Gasteiger partial charge in [0, 0.05) is 24.5 Å². The third-order valence-electron chi connectivity index (χ3n) is 2.17. The molecule has 70 valence electrons. The van der Waals surface area contributed by atoms with E-state index in [1.807, 2.05) is 13.1 Å². The minimum absolute atomic E-state index is 0.518. The molecular formula is C11H16N2. The zero-order valence-corrected chi connectivity index (χ0v) is 8.39. The van der Waals surface area contributed by atoms with Crippen molar-refractivity contribution >= 4 is 11.9 Å². The fraction of sp³-hybridized carbons (Fsp3) is 0.364. The van der Waals surface area contributed by atoms with Gasteiger partial charge in [0.25, 0.3) is 0 Å². The minimum atomic E-state index is 0.518. The molecule has 0 aliphatic carbocycles. The van der Waals surface area contributed by atoms with Crippen molar-refractivity contribution < 1.29 is 0 Å². The summed E-state index contributed by atoms with van der Waals surface area (Å²) in [5.41, 5.74) is 3.24. The highest BCUT2D eigenvalue weighted by atomic mass is 14.8. The molecule has 0 heterocycles. The number of hydrogen-bond donors (Lipinski definition) is 2. The Morgan fingerprint density at radius 3 is 2.54 bits per heavy atom. The van der Waals surface area contributed by atoms with Crippen LogP contribution in [0.2, 0.25) is 0 Å². The minimum Gasteiger partial charge on any atom is -0.388 e. The second-order valence-electron chi connectivity index (χ2n) is 3.40. The molecular weight excluding hydrogens is 160 g/mol. The lowest BCUT2D eigenvalue weighted by atomic mass is 10.00. The fourth-order valence-corrected chi connectivity index (χ4v) is 1.29. The molecule has 0 saturated heterocycles. The van der Waals surface area contributed by atoms with Gasteiger partial charge in [0.15, 0.2) is 0 Å². The number of hydrogen-bond acceptors (Lipinski definition) is 2. The average molecular weight is 176 g/mol. The molecule has 0 amide bonds. The number of rotatable bonds is 3. The maximum atomic E-state index is 7.26. The van der Waals surface area contributed by atoms with Crippen LogP contribution in [-0.4, -0.2) is 13.3 Å². The second-order valence-corrected chi connectivity index (χ2v) is 3.40. The topological polar surface area (TPSA) is 35.9 Å². The van der Waals surface area contributed by atoms with Gasteiger partial charge in [0.05, 0.1) is 0 Å². The van der Waals surface area contributed by atoms with E-state index in [9.17, 15) is 0 Å². The maximum Gasteiger partial charge on any atom is 0.0426 e. The van der Waals surface area contributed by atoms with Crippen molar-refractivity contribution in [2.24, 2.45) is 0 Å². The molecule has 1 aromatic carbocycles. The molecule has 0 aromatic heterocycles. The van der Waals surface area contributed by atoms with Crippen LogP contribution in [0.5, 0.6) is 0 Å². The van der Waals surface area contributed by atoms with E-state index >= 15 is 0 Å². The van der Waals surface area contributed by atoms with E-state index in [1.54, 1.807) is 0 Å². The van der Waals surface area contributed by atoms with Crippen LogP contribution in [0.3, 0.4) is 0 Å². The summed E-state index contributed by atoms with van der Waals surface area (Å²) < 4.78 is 0. The van der Waals surface area contributed by atoms with E-state index < -0.39 is 0 Å². The average Bonchev–Trinajstić information content (AvgIpc) is 2.16. The highest BCUT2D eigenvalue weighted by Crippen LogP contribution is 2.20. The maximum absolute atomic E-state index is 7.26. The van der Waals surface area contributed by atoms with E-state index in [0.29, 0.717) is 5.92 Å². The summed E-state index contributed by atoms with van der Waals surface area (Å²) in [6, 6.07) is 6.18. The van der Waals surface area contributed by atoms with Gasteiger partial charge in [-0.05, 0) is 23.6 Å². The van der Waals surface area contributed by atoms with Gasteiger partial charge in [0.2, 0.25) is 0 Å². The van der Waals surface area contributed by atoms with Crippen LogP contribution in [0, 0.1) is 5.41 Å². The lowest BCUT2D eigenvalue weighted by Gasteiger charge is -2.09. The summed E-state index contributed by atoms with van der Waals surface area (Å²) in [6.45, 7) is 4.31. The van der Waals surface area contributed by atoms with Gasteiger partial charge < -0.3 is 10.7 Å². The number of benzene rings is 1. The number of anilines is 1. The summed E-state index contributed by atoms with van der Waals surface area (Å²) in [7, 11) is 1.87. The van der Waals surface area contributed by atoms with Crippen LogP contribution < -0.4 is 5.32 Å². The molecule has 0 unspecified atom stereocenters. The summed E-state index contributed by atoms with van der Waals surface area (Å²) in [5.74, 6) is 0.518. The first-order chi connectivity index (χ1) is 6.19. The first kappa shape index (κ1) is 9.78. The Hall–Kier alpha value is -1.31. The van der Waals surface area contributed by atoms with E-state index in [1.165, 1.54) is 11.8 Å². The highest BCUT2D eigenvalue weighted by Gasteiger charge is 2.02. The largest absolute Gasteiger partial charge is 0.388 e. The molecule has 0 aliphatic heterocycles. The van der Waals surface area contributed by atoms with Crippen LogP contribution in [0.25, 0.3) is 0 Å². The Bertz CT molecular complexity index is 303. The molecule has 2 heteroatoms. The summed E-state index contributed by atoms with van der Waals surface area (Å²) in [6.07, 6.45) is 1.39. The van der Waals surface area contributed by atoms with Crippen LogP contribution in [0.4, 0.5) is 5.69 Å². The zero-order chi connectivity index (χ0) is 9.84. The van der Waals surface area contributed by atoms with E-state index in [-0.39, 0.29) is 0 Å². The standard InChI is InChI=1S/C11H16N2/c1-8(2)9-4-5-11(13-3)10(6-9)7-12/h4-8,12-13H,1-3H3. The lowest BCUT2D eigenvalue weighted by molar-refractivity contribution is 0.866.